The number of nitrogens with zero attached hydrogens (tertiary/aromatic N) is 1. The van der Waals surface area contributed by atoms with Crippen molar-refractivity contribution in [2.45, 2.75) is 11.4 Å². The molecule has 1 atom stereocenters. The lowest BCUT2D eigenvalue weighted by Gasteiger charge is -2.12. The Balaban J connectivity index is 1.21. The van der Waals surface area contributed by atoms with E-state index >= 15 is 0 Å². The van der Waals surface area contributed by atoms with E-state index in [1.807, 2.05) is 66.7 Å². The van der Waals surface area contributed by atoms with Crippen LogP contribution in [0, 0.1) is 5.82 Å². The van der Waals surface area contributed by atoms with Crippen molar-refractivity contribution in [3.63, 3.8) is 0 Å². The van der Waals surface area contributed by atoms with Crippen LogP contribution in [0.3, 0.4) is 0 Å². The van der Waals surface area contributed by atoms with Gasteiger partial charge in [0.1, 0.15) is 23.0 Å². The second-order valence-corrected chi connectivity index (χ2v) is 11.9. The summed E-state index contributed by atoms with van der Waals surface area (Å²) in [6, 6.07) is 34.3. The number of ether oxygens (including phenoxy) is 1. The van der Waals surface area contributed by atoms with Crippen molar-refractivity contribution in [3.8, 4) is 16.9 Å². The van der Waals surface area contributed by atoms with Crippen LogP contribution in [0.1, 0.15) is 21.5 Å². The number of nitrogens with one attached hydrogen (secondary N) is 1. The number of halogens is 2. The number of carbonyl (C=O) groups is 2. The number of aliphatic carboxylic acids is 1. The van der Waals surface area contributed by atoms with E-state index in [0.29, 0.717) is 22.9 Å². The van der Waals surface area contributed by atoms with Gasteiger partial charge in [-0.25, -0.2) is 4.39 Å². The van der Waals surface area contributed by atoms with E-state index < -0.39 is 22.5 Å². The Morgan fingerprint density at radius 1 is 0.932 bits per heavy atom. The minimum Gasteiger partial charge on any atom is -0.488 e. The quantitative estimate of drug-likeness (QED) is 0.127. The van der Waals surface area contributed by atoms with E-state index in [9.17, 15) is 14.0 Å². The molecule has 0 aromatic heterocycles. The molecule has 6 rings (SSSR count). The van der Waals surface area contributed by atoms with Crippen LogP contribution in [-0.4, -0.2) is 22.2 Å². The van der Waals surface area contributed by atoms with Gasteiger partial charge in [0, 0.05) is 16.8 Å². The maximum Gasteiger partial charge on any atom is 0.321 e. The molecule has 0 bridgehead atoms. The minimum absolute atomic E-state index is 0.00306. The second-order valence-electron chi connectivity index (χ2n) is 9.98. The summed E-state index contributed by atoms with van der Waals surface area (Å²) >= 11 is 4.09. The third-order valence-electron chi connectivity index (χ3n) is 6.98. The monoisotopic (exact) mass is 666 g/mol. The number of benzene rings is 5. The molecule has 5 aromatic rings. The van der Waals surface area contributed by atoms with Crippen molar-refractivity contribution in [3.05, 3.63) is 137 Å². The Morgan fingerprint density at radius 3 is 2.32 bits per heavy atom. The van der Waals surface area contributed by atoms with Crippen LogP contribution in [0.5, 0.6) is 5.75 Å². The predicted octanol–water partition coefficient (Wildman–Crippen LogP) is 8.83. The van der Waals surface area contributed by atoms with Gasteiger partial charge in [0.05, 0.1) is 4.91 Å². The summed E-state index contributed by atoms with van der Waals surface area (Å²) in [4.78, 5) is 27.4. The Hall–Kier alpha value is -4.73. The summed E-state index contributed by atoms with van der Waals surface area (Å²) in [5, 5.41) is 14.4. The first-order valence-electron chi connectivity index (χ1n) is 13.6. The zero-order valence-corrected chi connectivity index (χ0v) is 25.4. The molecule has 0 fully saturated rings. The van der Waals surface area contributed by atoms with E-state index in [1.54, 1.807) is 6.08 Å². The number of carbonyl (C=O) groups excluding carboxylic acids is 1. The summed E-state index contributed by atoms with van der Waals surface area (Å²) in [5.74, 6) is -1.70. The molecule has 1 heterocycles. The number of amidine groups is 1. The molecule has 218 valence electrons. The van der Waals surface area contributed by atoms with E-state index in [2.05, 4.69) is 50.5 Å². The van der Waals surface area contributed by atoms with Gasteiger partial charge in [0.25, 0.3) is 5.91 Å². The first kappa shape index (κ1) is 29.3. The number of anilines is 1. The molecular weight excluding hydrogens is 643 g/mol. The third kappa shape index (κ3) is 6.59. The number of carboxylic acids is 1. The molecule has 2 N–H and O–H groups in total. The highest BCUT2D eigenvalue weighted by molar-refractivity contribution is 9.09. The normalized spacial score (nSPS) is 14.5. The molecule has 1 unspecified atom stereocenters. The van der Waals surface area contributed by atoms with E-state index in [1.165, 1.54) is 18.2 Å². The highest BCUT2D eigenvalue weighted by Crippen LogP contribution is 2.35. The largest absolute Gasteiger partial charge is 0.488 e. The number of thioether (sulfide) groups is 1. The number of alkyl halides is 1. The fourth-order valence-corrected chi connectivity index (χ4v) is 5.93. The topological polar surface area (TPSA) is 88.0 Å². The molecule has 0 saturated heterocycles. The molecule has 0 spiro atoms. The van der Waals surface area contributed by atoms with Gasteiger partial charge in [0.15, 0.2) is 5.17 Å². The zero-order valence-electron chi connectivity index (χ0n) is 23.0. The van der Waals surface area contributed by atoms with E-state index in [-0.39, 0.29) is 10.7 Å². The predicted molar refractivity (Wildman–Crippen MR) is 177 cm³/mol. The van der Waals surface area contributed by atoms with Gasteiger partial charge in [0.2, 0.25) is 0 Å². The molecule has 44 heavy (non-hydrogen) atoms. The Bertz CT molecular complexity index is 1940. The standard InChI is InChI=1S/C35H24BrFN2O4S/c36-32(34(41)42)28-15-14-27(19-29(28)37)38-35-39-33(40)31(44-35)18-26-16-24-8-4-5-9-25(24)17-30(26)43-20-21-10-12-23(13-11-21)22-6-2-1-3-7-22/h1-19,32H,20H2,(H,41,42)(H,38,39,40)/b31-18+. The van der Waals surface area contributed by atoms with Gasteiger partial charge in [-0.3, -0.25) is 9.59 Å². The third-order valence-corrected chi connectivity index (χ3v) is 8.77. The molecule has 0 aliphatic carbocycles. The van der Waals surface area contributed by atoms with Crippen LogP contribution in [0.4, 0.5) is 10.1 Å². The van der Waals surface area contributed by atoms with Crippen molar-refractivity contribution < 1.29 is 23.8 Å². The Kier molecular flexibility index (Phi) is 8.58. The highest BCUT2D eigenvalue weighted by atomic mass is 79.9. The average molecular weight is 668 g/mol. The summed E-state index contributed by atoms with van der Waals surface area (Å²) in [6.45, 7) is 0.340. The molecular formula is C35H24BrFN2O4S. The van der Waals surface area contributed by atoms with Crippen molar-refractivity contribution >= 4 is 67.3 Å². The van der Waals surface area contributed by atoms with Crippen LogP contribution < -0.4 is 10.1 Å². The lowest BCUT2D eigenvalue weighted by atomic mass is 10.0. The average Bonchev–Trinajstić information content (AvgIpc) is 3.38. The number of hydrogen-bond donors (Lipinski definition) is 2. The molecule has 1 aliphatic heterocycles. The van der Waals surface area contributed by atoms with Crippen molar-refractivity contribution in [2.24, 2.45) is 4.99 Å². The SMILES string of the molecule is O=C1N=C(Nc2ccc(C(Br)C(=O)O)c(F)c2)S/C1=C/c1cc2ccccc2cc1OCc1ccc(-c2ccccc2)cc1. The van der Waals surface area contributed by atoms with Gasteiger partial charge in [-0.2, -0.15) is 4.99 Å². The van der Waals surface area contributed by atoms with Crippen molar-refractivity contribution in [2.75, 3.05) is 5.32 Å². The highest BCUT2D eigenvalue weighted by Gasteiger charge is 2.24. The van der Waals surface area contributed by atoms with Gasteiger partial charge < -0.3 is 15.2 Å². The number of amides is 1. The Labute approximate surface area is 265 Å². The molecule has 1 amide bonds. The molecule has 9 heteroatoms. The Morgan fingerprint density at radius 2 is 1.61 bits per heavy atom. The minimum atomic E-state index is -1.20. The second kappa shape index (κ2) is 12.9. The summed E-state index contributed by atoms with van der Waals surface area (Å²) in [6.07, 6.45) is 1.75. The number of carboxylic acid groups (broad SMARTS) is 1. The van der Waals surface area contributed by atoms with Crippen LogP contribution in [0.15, 0.2) is 119 Å². The number of hydrogen-bond acceptors (Lipinski definition) is 5. The summed E-state index contributed by atoms with van der Waals surface area (Å²) < 4.78 is 20.9. The fraction of sp³-hybridized carbons (Fsp3) is 0.0571. The molecule has 5 aromatic carbocycles. The van der Waals surface area contributed by atoms with Gasteiger partial charge in [-0.15, -0.1) is 0 Å². The summed E-state index contributed by atoms with van der Waals surface area (Å²) in [5.41, 5.74) is 4.33. The van der Waals surface area contributed by atoms with Crippen molar-refractivity contribution in [1.82, 2.24) is 0 Å². The lowest BCUT2D eigenvalue weighted by molar-refractivity contribution is -0.136. The van der Waals surface area contributed by atoms with Crippen LogP contribution in [0.25, 0.3) is 28.0 Å². The smallest absolute Gasteiger partial charge is 0.321 e. The first-order valence-corrected chi connectivity index (χ1v) is 15.3. The van der Waals surface area contributed by atoms with Crippen LogP contribution in [0.2, 0.25) is 0 Å². The van der Waals surface area contributed by atoms with Crippen molar-refractivity contribution in [1.29, 1.82) is 0 Å². The zero-order chi connectivity index (χ0) is 30.6. The number of rotatable bonds is 8. The molecule has 6 nitrogen and oxygen atoms in total. The van der Waals surface area contributed by atoms with E-state index in [0.717, 1.165) is 44.8 Å². The number of aliphatic imine (C=N–C) groups is 1. The molecule has 1 aliphatic rings. The van der Waals surface area contributed by atoms with Crippen LogP contribution in [-0.2, 0) is 16.2 Å². The van der Waals surface area contributed by atoms with Gasteiger partial charge >= 0.3 is 5.97 Å². The summed E-state index contributed by atoms with van der Waals surface area (Å²) in [7, 11) is 0. The lowest BCUT2D eigenvalue weighted by Crippen LogP contribution is -2.09. The molecule has 0 radical (unpaired) electrons. The number of fused-ring (bicyclic) bond motifs is 1. The molecule has 0 saturated carbocycles. The fourth-order valence-electron chi connectivity index (χ4n) is 4.73. The van der Waals surface area contributed by atoms with Gasteiger partial charge in [-0.1, -0.05) is 101 Å². The first-order chi connectivity index (χ1) is 21.3. The van der Waals surface area contributed by atoms with Gasteiger partial charge in [-0.05, 0) is 69.6 Å². The van der Waals surface area contributed by atoms with E-state index in [4.69, 9.17) is 9.84 Å². The van der Waals surface area contributed by atoms with Crippen LogP contribution >= 0.6 is 27.7 Å². The maximum absolute atomic E-state index is 14.6. The maximum atomic E-state index is 14.6.